The van der Waals surface area contributed by atoms with Crippen molar-refractivity contribution >= 4 is 0 Å². The van der Waals surface area contributed by atoms with Crippen LogP contribution in [0.2, 0.25) is 0 Å². The molecule has 0 radical (unpaired) electrons. The zero-order valence-corrected chi connectivity index (χ0v) is 10.8. The van der Waals surface area contributed by atoms with Crippen molar-refractivity contribution in [1.29, 1.82) is 0 Å². The first-order valence-electron chi connectivity index (χ1n) is 4.62. The van der Waals surface area contributed by atoms with Gasteiger partial charge in [0.25, 0.3) is 0 Å². The second-order valence-electron chi connectivity index (χ2n) is 3.21. The van der Waals surface area contributed by atoms with Crippen LogP contribution in [0, 0.1) is 0 Å². The Morgan fingerprint density at radius 1 is 0.733 bits per heavy atom. The molecule has 0 amide bonds. The van der Waals surface area contributed by atoms with Gasteiger partial charge >= 0.3 is 29.6 Å². The molecule has 0 heterocycles. The molecule has 0 spiro atoms. The van der Waals surface area contributed by atoms with E-state index in [0.717, 1.165) is 11.1 Å². The van der Waals surface area contributed by atoms with Gasteiger partial charge in [0.2, 0.25) is 0 Å². The summed E-state index contributed by atoms with van der Waals surface area (Å²) in [7, 11) is 0. The molecule has 2 rings (SSSR count). The minimum atomic E-state index is -0.144. The van der Waals surface area contributed by atoms with E-state index in [1.807, 2.05) is 42.5 Å². The van der Waals surface area contributed by atoms with Gasteiger partial charge in [0.05, 0.1) is 0 Å². The van der Waals surface area contributed by atoms with Crippen LogP contribution in [-0.2, 0) is 6.61 Å². The first-order valence-corrected chi connectivity index (χ1v) is 4.62. The zero-order chi connectivity index (χ0) is 9.80. The molecule has 0 bridgehead atoms. The third-order valence-corrected chi connectivity index (χ3v) is 2.23. The summed E-state index contributed by atoms with van der Waals surface area (Å²) in [4.78, 5) is 0. The first-order chi connectivity index (χ1) is 6.90. The minimum absolute atomic E-state index is 0. The summed E-state index contributed by atoms with van der Waals surface area (Å²) in [6.45, 7) is -0.144. The third kappa shape index (κ3) is 3.18. The predicted molar refractivity (Wildman–Crippen MR) is 55.6 cm³/mol. The van der Waals surface area contributed by atoms with Crippen molar-refractivity contribution in [2.24, 2.45) is 0 Å². The van der Waals surface area contributed by atoms with Crippen molar-refractivity contribution in [3.05, 3.63) is 60.2 Å². The Morgan fingerprint density at radius 3 is 1.80 bits per heavy atom. The number of hydrogen-bond donors (Lipinski definition) is 0. The molecular formula is C13H11NaO. The SMILES string of the molecule is [Na+].[O-]Cc1ccc(-c2ccccc2)cc1. The molecule has 15 heavy (non-hydrogen) atoms. The molecule has 2 aromatic rings. The summed E-state index contributed by atoms with van der Waals surface area (Å²) < 4.78 is 0. The molecule has 0 N–H and O–H groups in total. The fourth-order valence-corrected chi connectivity index (χ4v) is 1.42. The van der Waals surface area contributed by atoms with Gasteiger partial charge < -0.3 is 5.11 Å². The summed E-state index contributed by atoms with van der Waals surface area (Å²) in [5, 5.41) is 10.6. The van der Waals surface area contributed by atoms with Gasteiger partial charge in [-0.15, -0.1) is 6.61 Å². The molecule has 0 saturated heterocycles. The van der Waals surface area contributed by atoms with Crippen LogP contribution in [0.4, 0.5) is 0 Å². The van der Waals surface area contributed by atoms with E-state index in [2.05, 4.69) is 12.1 Å². The van der Waals surface area contributed by atoms with Gasteiger partial charge in [-0.05, 0) is 11.1 Å². The van der Waals surface area contributed by atoms with Gasteiger partial charge in [0.1, 0.15) is 0 Å². The van der Waals surface area contributed by atoms with E-state index in [1.54, 1.807) is 0 Å². The first kappa shape index (κ1) is 12.5. The van der Waals surface area contributed by atoms with Crippen molar-refractivity contribution in [3.63, 3.8) is 0 Å². The molecule has 1 nitrogen and oxygen atoms in total. The van der Waals surface area contributed by atoms with Gasteiger partial charge in [-0.3, -0.25) is 0 Å². The van der Waals surface area contributed by atoms with E-state index in [0.29, 0.717) is 0 Å². The second-order valence-corrected chi connectivity index (χ2v) is 3.21. The van der Waals surface area contributed by atoms with Crippen LogP contribution in [0.15, 0.2) is 54.6 Å². The van der Waals surface area contributed by atoms with E-state index in [-0.39, 0.29) is 36.2 Å². The van der Waals surface area contributed by atoms with Crippen molar-refractivity contribution in [2.75, 3.05) is 0 Å². The van der Waals surface area contributed by atoms with Gasteiger partial charge in [0, 0.05) is 0 Å². The Bertz CT molecular complexity index is 395. The Labute approximate surface area is 112 Å². The number of hydrogen-bond acceptors (Lipinski definition) is 1. The molecule has 0 aromatic heterocycles. The van der Waals surface area contributed by atoms with Gasteiger partial charge in [0.15, 0.2) is 0 Å². The van der Waals surface area contributed by atoms with E-state index >= 15 is 0 Å². The molecule has 70 valence electrons. The van der Waals surface area contributed by atoms with Crippen LogP contribution in [0.3, 0.4) is 0 Å². The smallest absolute Gasteiger partial charge is 0.851 e. The Morgan fingerprint density at radius 2 is 1.27 bits per heavy atom. The van der Waals surface area contributed by atoms with Crippen LogP contribution >= 0.6 is 0 Å². The molecule has 0 fully saturated rings. The predicted octanol–water partition coefficient (Wildman–Crippen LogP) is -0.782. The van der Waals surface area contributed by atoms with E-state index < -0.39 is 0 Å². The topological polar surface area (TPSA) is 23.1 Å². The molecule has 0 saturated carbocycles. The Kier molecular flexibility index (Phi) is 5.06. The molecule has 0 aliphatic heterocycles. The van der Waals surface area contributed by atoms with Crippen molar-refractivity contribution in [3.8, 4) is 11.1 Å². The van der Waals surface area contributed by atoms with Gasteiger partial charge in [-0.2, -0.15) is 0 Å². The van der Waals surface area contributed by atoms with Crippen molar-refractivity contribution < 1.29 is 34.7 Å². The Hall–Kier alpha value is -0.600. The normalized spacial score (nSPS) is 9.40. The van der Waals surface area contributed by atoms with E-state index in [9.17, 15) is 5.11 Å². The minimum Gasteiger partial charge on any atom is -0.851 e. The van der Waals surface area contributed by atoms with Gasteiger partial charge in [-0.1, -0.05) is 60.2 Å². The third-order valence-electron chi connectivity index (χ3n) is 2.23. The van der Waals surface area contributed by atoms with Crippen LogP contribution in [0.25, 0.3) is 11.1 Å². The number of rotatable bonds is 2. The largest absolute Gasteiger partial charge is 1.00 e. The molecular weight excluding hydrogens is 195 g/mol. The monoisotopic (exact) mass is 206 g/mol. The molecule has 0 aliphatic carbocycles. The van der Waals surface area contributed by atoms with E-state index in [4.69, 9.17) is 0 Å². The summed E-state index contributed by atoms with van der Waals surface area (Å²) in [6, 6.07) is 17.9. The van der Waals surface area contributed by atoms with Crippen LogP contribution in [0.1, 0.15) is 5.56 Å². The van der Waals surface area contributed by atoms with Gasteiger partial charge in [-0.25, -0.2) is 0 Å². The van der Waals surface area contributed by atoms with Crippen LogP contribution < -0.4 is 34.7 Å². The molecule has 0 aliphatic rings. The molecule has 0 unspecified atom stereocenters. The summed E-state index contributed by atoms with van der Waals surface area (Å²) in [5.41, 5.74) is 3.18. The maximum Gasteiger partial charge on any atom is 1.00 e. The average Bonchev–Trinajstić information content (AvgIpc) is 2.30. The van der Waals surface area contributed by atoms with Crippen LogP contribution in [-0.4, -0.2) is 0 Å². The summed E-state index contributed by atoms with van der Waals surface area (Å²) >= 11 is 0. The van der Waals surface area contributed by atoms with E-state index in [1.165, 1.54) is 5.56 Å². The molecule has 2 aromatic carbocycles. The maximum absolute atomic E-state index is 10.6. The zero-order valence-electron chi connectivity index (χ0n) is 8.81. The van der Waals surface area contributed by atoms with Crippen molar-refractivity contribution in [1.82, 2.24) is 0 Å². The van der Waals surface area contributed by atoms with Crippen LogP contribution in [0.5, 0.6) is 0 Å². The summed E-state index contributed by atoms with van der Waals surface area (Å²) in [6.07, 6.45) is 0. The van der Waals surface area contributed by atoms with Crippen molar-refractivity contribution in [2.45, 2.75) is 6.61 Å². The summed E-state index contributed by atoms with van der Waals surface area (Å²) in [5.74, 6) is 0. The quantitative estimate of drug-likeness (QED) is 0.591. The Balaban J connectivity index is 0.00000112. The second kappa shape index (κ2) is 6.09. The fraction of sp³-hybridized carbons (Fsp3) is 0.0769. The fourth-order valence-electron chi connectivity index (χ4n) is 1.42. The molecule has 2 heteroatoms. The molecule has 0 atom stereocenters. The average molecular weight is 206 g/mol. The standard InChI is InChI=1S/C13H11O.Na/c14-10-11-6-8-13(9-7-11)12-4-2-1-3-5-12;/h1-9H,10H2;/q-1;+1. The maximum atomic E-state index is 10.6. The number of benzene rings is 2.